The Labute approximate surface area is 182 Å². The van der Waals surface area contributed by atoms with Gasteiger partial charge >= 0.3 is 0 Å². The fourth-order valence-electron chi connectivity index (χ4n) is 4.40. The van der Waals surface area contributed by atoms with Gasteiger partial charge in [0.2, 0.25) is 11.7 Å². The molecule has 1 aliphatic carbocycles. The van der Waals surface area contributed by atoms with Crippen molar-refractivity contribution in [1.82, 2.24) is 19.6 Å². The molecule has 1 saturated carbocycles. The van der Waals surface area contributed by atoms with E-state index in [1.165, 1.54) is 49.9 Å². The second-order valence-corrected chi connectivity index (χ2v) is 8.29. The molecule has 1 amide bonds. The molecule has 31 heavy (non-hydrogen) atoms. The number of methoxy groups -OCH3 is 1. The highest BCUT2D eigenvalue weighted by Crippen LogP contribution is 2.25. The fourth-order valence-corrected chi connectivity index (χ4v) is 4.40. The molecule has 2 aromatic heterocycles. The first-order chi connectivity index (χ1) is 15.2. The molecule has 1 aliphatic rings. The second-order valence-electron chi connectivity index (χ2n) is 8.29. The van der Waals surface area contributed by atoms with Crippen LogP contribution >= 0.6 is 0 Å². The minimum Gasteiger partial charge on any atom is -0.385 e. The molecule has 166 valence electrons. The maximum absolute atomic E-state index is 12.5. The van der Waals surface area contributed by atoms with Crippen molar-refractivity contribution in [3.63, 3.8) is 0 Å². The van der Waals surface area contributed by atoms with E-state index in [0.717, 1.165) is 24.0 Å². The molecule has 0 aliphatic heterocycles. The van der Waals surface area contributed by atoms with Gasteiger partial charge in [0, 0.05) is 38.9 Å². The summed E-state index contributed by atoms with van der Waals surface area (Å²) < 4.78 is 12.2. The number of nitrogens with one attached hydrogen (secondary N) is 1. The Kier molecular flexibility index (Phi) is 6.99. The van der Waals surface area contributed by atoms with Crippen LogP contribution < -0.4 is 5.32 Å². The smallest absolute Gasteiger partial charge is 0.296 e. The van der Waals surface area contributed by atoms with Crippen molar-refractivity contribution in [2.24, 2.45) is 0 Å². The highest BCUT2D eigenvalue weighted by molar-refractivity contribution is 6.02. The number of carbonyl (C=O) groups is 1. The first-order valence-electron chi connectivity index (χ1n) is 11.1. The zero-order chi connectivity index (χ0) is 21.6. The van der Waals surface area contributed by atoms with Crippen LogP contribution in [0, 0.1) is 0 Å². The number of aromatic nitrogens is 3. The first kappa shape index (κ1) is 21.5. The van der Waals surface area contributed by atoms with Gasteiger partial charge in [-0.15, -0.1) is 0 Å². The summed E-state index contributed by atoms with van der Waals surface area (Å²) in [5.74, 6) is 0.300. The van der Waals surface area contributed by atoms with Gasteiger partial charge in [0.15, 0.2) is 0 Å². The summed E-state index contributed by atoms with van der Waals surface area (Å²) in [6.07, 6.45) is 8.85. The van der Waals surface area contributed by atoms with E-state index >= 15 is 0 Å². The van der Waals surface area contributed by atoms with Crippen LogP contribution in [0.2, 0.25) is 0 Å². The number of imidazole rings is 1. The predicted octanol–water partition coefficient (Wildman–Crippen LogP) is 4.08. The molecule has 0 atom stereocenters. The largest absolute Gasteiger partial charge is 0.385 e. The molecule has 1 N–H and O–H groups in total. The highest BCUT2D eigenvalue weighted by atomic mass is 16.5. The first-order valence-corrected chi connectivity index (χ1v) is 11.1. The zero-order valence-corrected chi connectivity index (χ0v) is 18.3. The van der Waals surface area contributed by atoms with E-state index in [1.807, 2.05) is 4.57 Å². The summed E-state index contributed by atoms with van der Waals surface area (Å²) in [6, 6.07) is 8.59. The number of hydrogen-bond donors (Lipinski definition) is 1. The van der Waals surface area contributed by atoms with Crippen LogP contribution in [0.15, 0.2) is 35.0 Å². The molecule has 2 heterocycles. The van der Waals surface area contributed by atoms with Crippen molar-refractivity contribution in [1.29, 1.82) is 0 Å². The van der Waals surface area contributed by atoms with Gasteiger partial charge in [-0.2, -0.15) is 0 Å². The van der Waals surface area contributed by atoms with E-state index in [1.54, 1.807) is 7.11 Å². The molecular formula is C23H31N5O3. The summed E-state index contributed by atoms with van der Waals surface area (Å²) >= 11 is 0. The number of anilines is 1. The number of ether oxygens (including phenoxy) is 1. The topological polar surface area (TPSA) is 85.4 Å². The second kappa shape index (κ2) is 10.1. The average Bonchev–Trinajstić information content (AvgIpc) is 3.43. The van der Waals surface area contributed by atoms with Crippen LogP contribution in [0.5, 0.6) is 0 Å². The summed E-state index contributed by atoms with van der Waals surface area (Å²) in [7, 11) is 3.90. The Bertz CT molecular complexity index is 992. The van der Waals surface area contributed by atoms with Gasteiger partial charge in [-0.3, -0.25) is 15.0 Å². The number of nitrogens with zero attached hydrogens (tertiary/aromatic N) is 4. The summed E-state index contributed by atoms with van der Waals surface area (Å²) in [4.78, 5) is 19.7. The van der Waals surface area contributed by atoms with E-state index < -0.39 is 0 Å². The van der Waals surface area contributed by atoms with Gasteiger partial charge in [0.25, 0.3) is 5.91 Å². The Hall–Kier alpha value is -2.71. The quantitative estimate of drug-likeness (QED) is 0.520. The Morgan fingerprint density at radius 3 is 2.87 bits per heavy atom. The maximum atomic E-state index is 12.5. The number of aryl methyl sites for hydroxylation is 1. The summed E-state index contributed by atoms with van der Waals surface area (Å²) in [5, 5.41) is 6.47. The minimum absolute atomic E-state index is 0.158. The third-order valence-electron chi connectivity index (χ3n) is 6.06. The lowest BCUT2D eigenvalue weighted by Crippen LogP contribution is -2.32. The van der Waals surface area contributed by atoms with E-state index in [-0.39, 0.29) is 11.7 Å². The van der Waals surface area contributed by atoms with Crippen molar-refractivity contribution in [3.05, 3.63) is 41.8 Å². The van der Waals surface area contributed by atoms with Crippen LogP contribution in [0.1, 0.15) is 54.6 Å². The van der Waals surface area contributed by atoms with E-state index in [4.69, 9.17) is 14.2 Å². The van der Waals surface area contributed by atoms with Gasteiger partial charge < -0.3 is 13.8 Å². The lowest BCUT2D eigenvalue weighted by atomic mass is 9.94. The molecule has 4 rings (SSSR count). The van der Waals surface area contributed by atoms with Crippen molar-refractivity contribution in [3.8, 4) is 0 Å². The predicted molar refractivity (Wildman–Crippen MR) is 119 cm³/mol. The summed E-state index contributed by atoms with van der Waals surface area (Å²) in [5.41, 5.74) is 3.10. The molecule has 0 saturated heterocycles. The van der Waals surface area contributed by atoms with E-state index in [9.17, 15) is 4.79 Å². The number of fused-ring (bicyclic) bond motifs is 1. The van der Waals surface area contributed by atoms with Crippen molar-refractivity contribution in [2.75, 3.05) is 26.1 Å². The molecule has 0 unspecified atom stereocenters. The summed E-state index contributed by atoms with van der Waals surface area (Å²) in [6.45, 7) is 2.23. The van der Waals surface area contributed by atoms with Gasteiger partial charge in [0.05, 0.1) is 17.2 Å². The van der Waals surface area contributed by atoms with E-state index in [2.05, 4.69) is 40.6 Å². The standard InChI is InChI=1S/C23H31N5O3/c1-27(18-7-4-3-5-8-18)16-17-9-10-20-19(15-17)25-23(28(20)13-6-14-30-2)26-22(29)21-11-12-24-31-21/h9-12,15,18H,3-8,13-14,16H2,1-2H3,(H,25,26,29). The number of rotatable bonds is 9. The monoisotopic (exact) mass is 425 g/mol. The van der Waals surface area contributed by atoms with Crippen LogP contribution in [0.4, 0.5) is 5.95 Å². The third-order valence-corrected chi connectivity index (χ3v) is 6.06. The van der Waals surface area contributed by atoms with Crippen LogP contribution in [0.25, 0.3) is 11.0 Å². The van der Waals surface area contributed by atoms with E-state index in [0.29, 0.717) is 25.1 Å². The minimum atomic E-state index is -0.363. The van der Waals surface area contributed by atoms with Crippen LogP contribution in [0.3, 0.4) is 0 Å². The van der Waals surface area contributed by atoms with Crippen LogP contribution in [-0.4, -0.2) is 52.3 Å². The highest BCUT2D eigenvalue weighted by Gasteiger charge is 2.20. The normalized spacial score (nSPS) is 15.1. The molecule has 8 nitrogen and oxygen atoms in total. The van der Waals surface area contributed by atoms with Crippen LogP contribution in [-0.2, 0) is 17.8 Å². The lowest BCUT2D eigenvalue weighted by Gasteiger charge is -2.31. The molecule has 3 aromatic rings. The molecule has 1 fully saturated rings. The van der Waals surface area contributed by atoms with Gasteiger partial charge in [-0.05, 0) is 44.0 Å². The lowest BCUT2D eigenvalue weighted by molar-refractivity contribution is 0.0986. The average molecular weight is 426 g/mol. The van der Waals surface area contributed by atoms with Crippen molar-refractivity contribution in [2.45, 2.75) is 57.7 Å². The Morgan fingerprint density at radius 1 is 1.29 bits per heavy atom. The Balaban J connectivity index is 1.56. The Morgan fingerprint density at radius 2 is 2.13 bits per heavy atom. The van der Waals surface area contributed by atoms with Gasteiger partial charge in [-0.25, -0.2) is 4.98 Å². The number of hydrogen-bond acceptors (Lipinski definition) is 6. The number of carbonyl (C=O) groups excluding carboxylic acids is 1. The number of benzene rings is 1. The zero-order valence-electron chi connectivity index (χ0n) is 18.3. The van der Waals surface area contributed by atoms with Crippen molar-refractivity contribution < 1.29 is 14.1 Å². The third kappa shape index (κ3) is 5.14. The molecule has 0 spiro atoms. The molecule has 1 aromatic carbocycles. The molecule has 0 radical (unpaired) electrons. The van der Waals surface area contributed by atoms with Gasteiger partial charge in [0.1, 0.15) is 0 Å². The molecule has 8 heteroatoms. The SMILES string of the molecule is COCCCn1c(NC(=O)c2ccno2)nc2cc(CN(C)C3CCCCC3)ccc21. The van der Waals surface area contributed by atoms with Gasteiger partial charge in [-0.1, -0.05) is 30.5 Å². The maximum Gasteiger partial charge on any atom is 0.296 e. The fraction of sp³-hybridized carbons (Fsp3) is 0.522. The molecular weight excluding hydrogens is 394 g/mol. The molecule has 0 bridgehead atoms. The van der Waals surface area contributed by atoms with Crippen molar-refractivity contribution >= 4 is 22.9 Å². The number of amides is 1.